The molecule has 0 heterocycles. The molecule has 1 aromatic carbocycles. The maximum absolute atomic E-state index is 11.9. The van der Waals surface area contributed by atoms with E-state index in [-0.39, 0.29) is 5.91 Å². The van der Waals surface area contributed by atoms with Crippen molar-refractivity contribution in [2.24, 2.45) is 5.41 Å². The van der Waals surface area contributed by atoms with Crippen LogP contribution >= 0.6 is 0 Å². The highest BCUT2D eigenvalue weighted by atomic mass is 16.5. The van der Waals surface area contributed by atoms with Gasteiger partial charge in [-0.05, 0) is 38.5 Å². The van der Waals surface area contributed by atoms with Crippen molar-refractivity contribution in [3.05, 3.63) is 23.8 Å². The Balaban J connectivity index is 3.00. The summed E-state index contributed by atoms with van der Waals surface area (Å²) in [6.45, 7) is 5.07. The monoisotopic (exact) mass is 232 g/mol. The van der Waals surface area contributed by atoms with E-state index in [2.05, 4.69) is 5.32 Å². The highest BCUT2D eigenvalue weighted by molar-refractivity contribution is 5.97. The molecule has 1 N–H and O–H groups in total. The third-order valence-electron chi connectivity index (χ3n) is 2.45. The molecule has 1 amide bonds. The van der Waals surface area contributed by atoms with E-state index in [1.807, 2.05) is 25.1 Å². The highest BCUT2D eigenvalue weighted by Crippen LogP contribution is 2.27. The van der Waals surface area contributed by atoms with Gasteiger partial charge in [-0.3, -0.25) is 4.79 Å². The van der Waals surface area contributed by atoms with Crippen molar-refractivity contribution in [2.75, 3.05) is 12.4 Å². The second-order valence-electron chi connectivity index (χ2n) is 4.39. The lowest BCUT2D eigenvalue weighted by atomic mass is 9.94. The lowest BCUT2D eigenvalue weighted by Gasteiger charge is -2.17. The van der Waals surface area contributed by atoms with Crippen LogP contribution in [0.5, 0.6) is 5.75 Å². The zero-order chi connectivity index (χ0) is 13.1. The van der Waals surface area contributed by atoms with Crippen LogP contribution < -0.4 is 10.1 Å². The minimum Gasteiger partial charge on any atom is -0.495 e. The predicted octanol–water partition coefficient (Wildman–Crippen LogP) is 2.49. The van der Waals surface area contributed by atoms with Crippen molar-refractivity contribution in [1.82, 2.24) is 0 Å². The fourth-order valence-corrected chi connectivity index (χ4v) is 1.25. The second-order valence-corrected chi connectivity index (χ2v) is 4.39. The molecule has 0 saturated carbocycles. The summed E-state index contributed by atoms with van der Waals surface area (Å²) >= 11 is 0. The van der Waals surface area contributed by atoms with Crippen LogP contribution in [0.3, 0.4) is 0 Å². The summed E-state index contributed by atoms with van der Waals surface area (Å²) in [4.78, 5) is 11.9. The lowest BCUT2D eigenvalue weighted by Crippen LogP contribution is -2.29. The molecule has 0 atom stereocenters. The number of carbonyl (C=O) groups excluding carboxylic acids is 1. The van der Waals surface area contributed by atoms with Crippen LogP contribution in [0, 0.1) is 23.7 Å². The molecule has 0 fully saturated rings. The molecule has 1 rings (SSSR count). The molecular formula is C13H16N2O2. The van der Waals surface area contributed by atoms with Crippen LogP contribution in [-0.2, 0) is 4.79 Å². The molecule has 0 bridgehead atoms. The number of methoxy groups -OCH3 is 1. The Labute approximate surface area is 101 Å². The van der Waals surface area contributed by atoms with Crippen molar-refractivity contribution in [3.8, 4) is 11.8 Å². The summed E-state index contributed by atoms with van der Waals surface area (Å²) in [6.07, 6.45) is 0. The summed E-state index contributed by atoms with van der Waals surface area (Å²) in [7, 11) is 1.54. The van der Waals surface area contributed by atoms with E-state index in [9.17, 15) is 4.79 Å². The van der Waals surface area contributed by atoms with Crippen LogP contribution in [0.25, 0.3) is 0 Å². The first-order chi connectivity index (χ1) is 7.90. The molecule has 0 aromatic heterocycles. The van der Waals surface area contributed by atoms with E-state index >= 15 is 0 Å². The van der Waals surface area contributed by atoms with Crippen molar-refractivity contribution in [1.29, 1.82) is 5.26 Å². The molecule has 0 radical (unpaired) electrons. The Hall–Kier alpha value is -2.02. The number of carbonyl (C=O) groups is 1. The highest BCUT2D eigenvalue weighted by Gasteiger charge is 2.27. The third-order valence-corrected chi connectivity index (χ3v) is 2.45. The number of anilines is 1. The van der Waals surface area contributed by atoms with Crippen LogP contribution in [0.15, 0.2) is 18.2 Å². The maximum Gasteiger partial charge on any atom is 0.244 e. The van der Waals surface area contributed by atoms with E-state index in [0.717, 1.165) is 5.56 Å². The second kappa shape index (κ2) is 4.88. The molecule has 17 heavy (non-hydrogen) atoms. The average molecular weight is 232 g/mol. The minimum absolute atomic E-state index is 0.344. The van der Waals surface area contributed by atoms with Crippen LogP contribution in [0.1, 0.15) is 19.4 Å². The average Bonchev–Trinajstić information content (AvgIpc) is 2.29. The Morgan fingerprint density at radius 3 is 2.65 bits per heavy atom. The quantitative estimate of drug-likeness (QED) is 0.870. The summed E-state index contributed by atoms with van der Waals surface area (Å²) in [5, 5.41) is 11.6. The van der Waals surface area contributed by atoms with E-state index in [4.69, 9.17) is 10.00 Å². The first kappa shape index (κ1) is 13.0. The zero-order valence-corrected chi connectivity index (χ0v) is 10.5. The van der Waals surface area contributed by atoms with Gasteiger partial charge in [-0.15, -0.1) is 0 Å². The summed E-state index contributed by atoms with van der Waals surface area (Å²) in [6, 6.07) is 7.45. The van der Waals surface area contributed by atoms with Gasteiger partial charge >= 0.3 is 0 Å². The van der Waals surface area contributed by atoms with Gasteiger partial charge in [0.25, 0.3) is 0 Å². The number of aryl methyl sites for hydroxylation is 1. The first-order valence-corrected chi connectivity index (χ1v) is 5.28. The van der Waals surface area contributed by atoms with Gasteiger partial charge < -0.3 is 10.1 Å². The predicted molar refractivity (Wildman–Crippen MR) is 65.8 cm³/mol. The van der Waals surface area contributed by atoms with E-state index in [1.165, 1.54) is 7.11 Å². The fourth-order valence-electron chi connectivity index (χ4n) is 1.25. The SMILES string of the molecule is COc1ccc(C)cc1NC(=O)C(C)(C)C#N. The van der Waals surface area contributed by atoms with Crippen LogP contribution in [-0.4, -0.2) is 13.0 Å². The molecule has 4 nitrogen and oxygen atoms in total. The van der Waals surface area contributed by atoms with Crippen LogP contribution in [0.4, 0.5) is 5.69 Å². The number of nitrogens with one attached hydrogen (secondary N) is 1. The van der Waals surface area contributed by atoms with Gasteiger partial charge in [-0.25, -0.2) is 0 Å². The number of hydrogen-bond donors (Lipinski definition) is 1. The summed E-state index contributed by atoms with van der Waals surface area (Å²) in [5.74, 6) is 0.238. The van der Waals surface area contributed by atoms with Crippen molar-refractivity contribution >= 4 is 11.6 Å². The van der Waals surface area contributed by atoms with Gasteiger partial charge in [0.2, 0.25) is 5.91 Å². The van der Waals surface area contributed by atoms with Crippen molar-refractivity contribution in [2.45, 2.75) is 20.8 Å². The molecule has 0 spiro atoms. The van der Waals surface area contributed by atoms with E-state index in [1.54, 1.807) is 19.9 Å². The number of nitriles is 1. The van der Waals surface area contributed by atoms with Gasteiger partial charge in [0.15, 0.2) is 0 Å². The van der Waals surface area contributed by atoms with Gasteiger partial charge in [-0.2, -0.15) is 5.26 Å². The molecule has 4 heteroatoms. The van der Waals surface area contributed by atoms with Crippen molar-refractivity contribution in [3.63, 3.8) is 0 Å². The standard InChI is InChI=1S/C13H16N2O2/c1-9-5-6-11(17-4)10(7-9)15-12(16)13(2,3)8-14/h5-7H,1-4H3,(H,15,16). The summed E-state index contributed by atoms with van der Waals surface area (Å²) < 4.78 is 5.15. The van der Waals surface area contributed by atoms with Crippen LogP contribution in [0.2, 0.25) is 0 Å². The smallest absolute Gasteiger partial charge is 0.244 e. The van der Waals surface area contributed by atoms with Gasteiger partial charge in [-0.1, -0.05) is 6.07 Å². The molecule has 0 aliphatic heterocycles. The Morgan fingerprint density at radius 2 is 2.12 bits per heavy atom. The van der Waals surface area contributed by atoms with Gasteiger partial charge in [0, 0.05) is 0 Å². The van der Waals surface area contributed by atoms with Gasteiger partial charge in [0.1, 0.15) is 11.2 Å². The number of amides is 1. The maximum atomic E-state index is 11.9. The van der Waals surface area contributed by atoms with Gasteiger partial charge in [0.05, 0.1) is 18.9 Å². The molecule has 1 aromatic rings. The van der Waals surface area contributed by atoms with E-state index < -0.39 is 5.41 Å². The molecule has 0 saturated heterocycles. The number of benzene rings is 1. The normalized spacial score (nSPS) is 10.5. The number of rotatable bonds is 3. The Kier molecular flexibility index (Phi) is 3.74. The Morgan fingerprint density at radius 1 is 1.47 bits per heavy atom. The number of nitrogens with zero attached hydrogens (tertiary/aromatic N) is 1. The molecule has 0 aliphatic carbocycles. The zero-order valence-electron chi connectivity index (χ0n) is 10.5. The third kappa shape index (κ3) is 2.97. The minimum atomic E-state index is -1.06. The number of hydrogen-bond acceptors (Lipinski definition) is 3. The molecular weight excluding hydrogens is 216 g/mol. The van der Waals surface area contributed by atoms with E-state index in [0.29, 0.717) is 11.4 Å². The largest absolute Gasteiger partial charge is 0.495 e. The molecule has 0 unspecified atom stereocenters. The van der Waals surface area contributed by atoms with Crippen molar-refractivity contribution < 1.29 is 9.53 Å². The molecule has 0 aliphatic rings. The fraction of sp³-hybridized carbons (Fsp3) is 0.385. The lowest BCUT2D eigenvalue weighted by molar-refractivity contribution is -0.121. The topological polar surface area (TPSA) is 62.1 Å². The first-order valence-electron chi connectivity index (χ1n) is 5.28. The molecule has 90 valence electrons. The number of ether oxygens (including phenoxy) is 1. The Bertz CT molecular complexity index is 473. The summed E-state index contributed by atoms with van der Waals surface area (Å²) in [5.41, 5.74) is 0.533.